The molecule has 114 valence electrons. The minimum atomic E-state index is -0.402. The summed E-state index contributed by atoms with van der Waals surface area (Å²) in [5.74, 6) is 1.39. The zero-order valence-corrected chi connectivity index (χ0v) is 14.3. The lowest BCUT2D eigenvalue weighted by Crippen LogP contribution is -2.29. The Labute approximate surface area is 131 Å². The molecular formula is C17H24N2OS. The Hall–Kier alpha value is -1.39. The second kappa shape index (κ2) is 6.16. The van der Waals surface area contributed by atoms with E-state index in [1.807, 2.05) is 19.2 Å². The van der Waals surface area contributed by atoms with Gasteiger partial charge in [-0.15, -0.1) is 11.3 Å². The molecule has 0 fully saturated rings. The molecule has 3 nitrogen and oxygen atoms in total. The lowest BCUT2D eigenvalue weighted by atomic mass is 10.0. The Morgan fingerprint density at radius 1 is 1.33 bits per heavy atom. The lowest BCUT2D eigenvalue weighted by molar-refractivity contribution is 0.300. The van der Waals surface area contributed by atoms with Crippen molar-refractivity contribution in [1.29, 1.82) is 0 Å². The molecule has 0 saturated carbocycles. The van der Waals surface area contributed by atoms with Gasteiger partial charge in [-0.3, -0.25) is 0 Å². The number of hydrogen-bond acceptors (Lipinski definition) is 4. The normalized spacial score (nSPS) is 12.0. The predicted molar refractivity (Wildman–Crippen MR) is 88.9 cm³/mol. The van der Waals surface area contributed by atoms with Crippen molar-refractivity contribution >= 4 is 11.3 Å². The first kappa shape index (κ1) is 16.0. The van der Waals surface area contributed by atoms with Gasteiger partial charge in [-0.1, -0.05) is 26.0 Å². The zero-order valence-electron chi connectivity index (χ0n) is 13.4. The van der Waals surface area contributed by atoms with Crippen LogP contribution in [0.2, 0.25) is 0 Å². The third-order valence-electron chi connectivity index (χ3n) is 3.35. The number of nitrogens with two attached hydrogens (primary N) is 1. The molecule has 0 aliphatic carbocycles. The molecule has 0 saturated heterocycles. The smallest absolute Gasteiger partial charge is 0.140 e. The average Bonchev–Trinajstić information content (AvgIpc) is 2.84. The Balaban J connectivity index is 2.13. The largest absolute Gasteiger partial charge is 0.486 e. The summed E-state index contributed by atoms with van der Waals surface area (Å²) >= 11 is 1.60. The molecule has 0 aliphatic heterocycles. The van der Waals surface area contributed by atoms with Crippen LogP contribution < -0.4 is 10.5 Å². The van der Waals surface area contributed by atoms with Crippen molar-refractivity contribution in [3.05, 3.63) is 45.4 Å². The van der Waals surface area contributed by atoms with Gasteiger partial charge in [0, 0.05) is 5.38 Å². The molecule has 4 heteroatoms. The fourth-order valence-corrected chi connectivity index (χ4v) is 2.94. The molecule has 0 bridgehead atoms. The Bertz CT molecular complexity index is 611. The van der Waals surface area contributed by atoms with Crippen molar-refractivity contribution < 1.29 is 4.74 Å². The molecule has 0 unspecified atom stereocenters. The molecule has 1 heterocycles. The van der Waals surface area contributed by atoms with E-state index in [1.165, 1.54) is 11.1 Å². The summed E-state index contributed by atoms with van der Waals surface area (Å²) in [4.78, 5) is 4.56. The van der Waals surface area contributed by atoms with Crippen LogP contribution in [0, 0.1) is 6.92 Å². The van der Waals surface area contributed by atoms with Crippen LogP contribution in [-0.2, 0) is 12.1 Å². The summed E-state index contributed by atoms with van der Waals surface area (Å²) in [5, 5.41) is 2.97. The predicted octanol–water partition coefficient (Wildman–Crippen LogP) is 4.35. The van der Waals surface area contributed by atoms with Crippen LogP contribution in [0.5, 0.6) is 5.75 Å². The summed E-state index contributed by atoms with van der Waals surface area (Å²) in [6, 6.07) is 6.36. The first-order valence-electron chi connectivity index (χ1n) is 7.24. The van der Waals surface area contributed by atoms with Crippen LogP contribution in [0.1, 0.15) is 55.4 Å². The van der Waals surface area contributed by atoms with E-state index in [0.29, 0.717) is 12.5 Å². The number of aryl methyl sites for hydroxylation is 1. The minimum Gasteiger partial charge on any atom is -0.486 e. The highest BCUT2D eigenvalue weighted by atomic mass is 32.1. The van der Waals surface area contributed by atoms with Gasteiger partial charge in [0.15, 0.2) is 0 Å². The number of rotatable bonds is 5. The van der Waals surface area contributed by atoms with Crippen molar-refractivity contribution in [1.82, 2.24) is 4.98 Å². The third-order valence-corrected chi connectivity index (χ3v) is 4.18. The van der Waals surface area contributed by atoms with E-state index in [4.69, 9.17) is 10.5 Å². The van der Waals surface area contributed by atoms with Crippen LogP contribution in [0.25, 0.3) is 0 Å². The van der Waals surface area contributed by atoms with Gasteiger partial charge in [0.05, 0.1) is 11.2 Å². The number of benzene rings is 1. The van der Waals surface area contributed by atoms with Gasteiger partial charge in [-0.2, -0.15) is 0 Å². The highest BCUT2D eigenvalue weighted by Gasteiger charge is 2.18. The number of thiazole rings is 1. The van der Waals surface area contributed by atoms with Gasteiger partial charge < -0.3 is 10.5 Å². The maximum atomic E-state index is 6.06. The summed E-state index contributed by atoms with van der Waals surface area (Å²) in [6.07, 6.45) is 0. The van der Waals surface area contributed by atoms with Crippen molar-refractivity contribution in [3.8, 4) is 5.75 Å². The third kappa shape index (κ3) is 4.05. The quantitative estimate of drug-likeness (QED) is 0.893. The van der Waals surface area contributed by atoms with Gasteiger partial charge in [0.25, 0.3) is 0 Å². The highest BCUT2D eigenvalue weighted by Crippen LogP contribution is 2.29. The highest BCUT2D eigenvalue weighted by molar-refractivity contribution is 7.09. The van der Waals surface area contributed by atoms with Gasteiger partial charge in [0.2, 0.25) is 0 Å². The van der Waals surface area contributed by atoms with E-state index in [2.05, 4.69) is 44.0 Å². The summed E-state index contributed by atoms with van der Waals surface area (Å²) in [6.45, 7) is 10.8. The van der Waals surface area contributed by atoms with Crippen molar-refractivity contribution in [2.24, 2.45) is 5.73 Å². The summed E-state index contributed by atoms with van der Waals surface area (Å²) < 4.78 is 6.00. The number of aromatic nitrogens is 1. The standard InChI is InChI=1S/C17H24N2OS/c1-11(2)13-7-6-12(3)8-14(13)20-9-16-19-15(10-21-16)17(4,5)18/h6-8,10-11H,9,18H2,1-5H3. The molecule has 0 atom stereocenters. The second-order valence-electron chi connectivity index (χ2n) is 6.33. The Morgan fingerprint density at radius 2 is 2.05 bits per heavy atom. The number of ether oxygens (including phenoxy) is 1. The molecule has 0 amide bonds. The Kier molecular flexibility index (Phi) is 4.69. The molecule has 21 heavy (non-hydrogen) atoms. The van der Waals surface area contributed by atoms with Crippen LogP contribution in [0.15, 0.2) is 23.6 Å². The van der Waals surface area contributed by atoms with Crippen LogP contribution >= 0.6 is 11.3 Å². The van der Waals surface area contributed by atoms with Crippen LogP contribution in [0.4, 0.5) is 0 Å². The minimum absolute atomic E-state index is 0.402. The van der Waals surface area contributed by atoms with Gasteiger partial charge in [0.1, 0.15) is 17.4 Å². The van der Waals surface area contributed by atoms with Gasteiger partial charge in [-0.25, -0.2) is 4.98 Å². The molecule has 0 radical (unpaired) electrons. The maximum Gasteiger partial charge on any atom is 0.140 e. The fourth-order valence-electron chi connectivity index (χ4n) is 2.06. The second-order valence-corrected chi connectivity index (χ2v) is 7.28. The first-order valence-corrected chi connectivity index (χ1v) is 8.12. The molecule has 1 aromatic carbocycles. The molecule has 2 rings (SSSR count). The molecule has 1 aromatic heterocycles. The van der Waals surface area contributed by atoms with E-state index in [-0.39, 0.29) is 0 Å². The van der Waals surface area contributed by atoms with Crippen molar-refractivity contribution in [2.75, 3.05) is 0 Å². The summed E-state index contributed by atoms with van der Waals surface area (Å²) in [5.41, 5.74) is 9.02. The van der Waals surface area contributed by atoms with Crippen LogP contribution in [0.3, 0.4) is 0 Å². The molecule has 0 aliphatic rings. The van der Waals surface area contributed by atoms with E-state index in [0.717, 1.165) is 16.5 Å². The SMILES string of the molecule is Cc1ccc(C(C)C)c(OCc2nc(C(C)(C)N)cs2)c1. The number of nitrogens with zero attached hydrogens (tertiary/aromatic N) is 1. The molecule has 0 spiro atoms. The maximum absolute atomic E-state index is 6.06. The van der Waals surface area contributed by atoms with Gasteiger partial charge in [-0.05, 0) is 43.9 Å². The van der Waals surface area contributed by atoms with Gasteiger partial charge >= 0.3 is 0 Å². The lowest BCUT2D eigenvalue weighted by Gasteiger charge is -2.15. The van der Waals surface area contributed by atoms with Crippen molar-refractivity contribution in [2.45, 2.75) is 52.7 Å². The fraction of sp³-hybridized carbons (Fsp3) is 0.471. The first-order chi connectivity index (χ1) is 9.77. The van der Waals surface area contributed by atoms with Crippen LogP contribution in [-0.4, -0.2) is 4.98 Å². The molecule has 2 aromatic rings. The van der Waals surface area contributed by atoms with E-state index < -0.39 is 5.54 Å². The summed E-state index contributed by atoms with van der Waals surface area (Å²) in [7, 11) is 0. The van der Waals surface area contributed by atoms with E-state index in [1.54, 1.807) is 11.3 Å². The van der Waals surface area contributed by atoms with E-state index >= 15 is 0 Å². The monoisotopic (exact) mass is 304 g/mol. The molecule has 2 N–H and O–H groups in total. The topological polar surface area (TPSA) is 48.1 Å². The molecular weight excluding hydrogens is 280 g/mol. The zero-order chi connectivity index (χ0) is 15.6. The van der Waals surface area contributed by atoms with Crippen molar-refractivity contribution in [3.63, 3.8) is 0 Å². The van der Waals surface area contributed by atoms with E-state index in [9.17, 15) is 0 Å². The Morgan fingerprint density at radius 3 is 2.62 bits per heavy atom. The number of hydrogen-bond donors (Lipinski definition) is 1. The average molecular weight is 304 g/mol.